The molecule has 0 atom stereocenters. The molecule has 0 aromatic rings. The zero-order chi connectivity index (χ0) is 21.7. The maximum absolute atomic E-state index is 8.53. The van der Waals surface area contributed by atoms with Gasteiger partial charge in [0.15, 0.2) is 0 Å². The molecular formula is H8BaBiGaGe8O16. The molecule has 0 fully saturated rings. The molecule has 2 radical (unpaired) electrons. The molecule has 0 saturated heterocycles. The summed E-state index contributed by atoms with van der Waals surface area (Å²) >= 11 is -17.5. The summed E-state index contributed by atoms with van der Waals surface area (Å²) in [5, 5.41) is 0. The van der Waals surface area contributed by atoms with Gasteiger partial charge in [-0.1, -0.05) is 0 Å². The van der Waals surface area contributed by atoms with Gasteiger partial charge in [-0.2, -0.15) is 0 Å². The molecule has 0 aromatic heterocycles. The Morgan fingerprint density at radius 2 is 0.333 bits per heavy atom. The van der Waals surface area contributed by atoms with Gasteiger partial charge in [-0.05, 0) is 0 Å². The van der Waals surface area contributed by atoms with Crippen LogP contribution in [0.2, 0.25) is 0 Å². The Bertz CT molecular complexity index is 172. The van der Waals surface area contributed by atoms with Gasteiger partial charge in [0.1, 0.15) is 0 Å². The van der Waals surface area contributed by atoms with E-state index in [0.29, 0.717) is 0 Å². The van der Waals surface area contributed by atoms with E-state index in [4.69, 9.17) is 63.3 Å². The van der Waals surface area contributed by atoms with E-state index in [1.165, 1.54) is 0 Å². The molecule has 27 heavy (non-hydrogen) atoms. The molecule has 0 amide bonds. The molecule has 0 unspecified atom stereocenters. The van der Waals surface area contributed by atoms with Gasteiger partial charge in [0.05, 0.1) is 0 Å². The molecular weight excluding hydrogens is 1250 g/mol. The molecule has 0 spiro atoms. The zero-order valence-electron chi connectivity index (χ0n) is 12.9. The van der Waals surface area contributed by atoms with Crippen LogP contribution in [0, 0.1) is 0 Å². The van der Waals surface area contributed by atoms with Crippen LogP contribution in [-0.4, -0.2) is 221 Å². The van der Waals surface area contributed by atoms with E-state index in [9.17, 15) is 0 Å². The Hall–Kier alpha value is 4.23. The van der Waals surface area contributed by atoms with Gasteiger partial charge < -0.3 is 0 Å². The van der Waals surface area contributed by atoms with Crippen LogP contribution in [0.1, 0.15) is 0 Å². The van der Waals surface area contributed by atoms with Gasteiger partial charge in [-0.3, -0.25) is 0 Å². The molecule has 0 aromatic carbocycles. The van der Waals surface area contributed by atoms with Crippen LogP contribution < -0.4 is 33.1 Å². The van der Waals surface area contributed by atoms with Crippen LogP contribution in [0.5, 0.6) is 0 Å². The quantitative estimate of drug-likeness (QED) is 0.203. The van der Waals surface area contributed by atoms with Gasteiger partial charge in [-0.25, -0.2) is 0 Å². The van der Waals surface area contributed by atoms with E-state index in [0.717, 1.165) is 0 Å². The molecule has 0 saturated carbocycles. The van der Waals surface area contributed by atoms with E-state index >= 15 is 0 Å². The van der Waals surface area contributed by atoms with Crippen molar-refractivity contribution in [2.75, 3.05) is 0 Å². The van der Waals surface area contributed by atoms with E-state index < -0.39 is 126 Å². The van der Waals surface area contributed by atoms with Crippen LogP contribution >= 0.6 is 0 Å². The van der Waals surface area contributed by atoms with Gasteiger partial charge >= 0.3 is 284 Å². The summed E-state index contributed by atoms with van der Waals surface area (Å²) in [7, 11) is 0. The molecule has 0 rings (SSSR count). The molecule has 0 N–H and O–H groups in total. The summed E-state index contributed by atoms with van der Waals surface area (Å²) < 4.78 is 136. The van der Waals surface area contributed by atoms with Crippen molar-refractivity contribution < 1.29 is 63.3 Å². The SMILES string of the molecule is [Ba+2].[Bi+3].[Ga+3].[O]=[GeH][O-].[O]=[GeH][O-].[O]=[GeH][O-].[O]=[GeH][O-].[O]=[GeH][O-].[O]=[GeH][O-].[O]=[GeH][O-].[O]=[GeH][O-]. The third kappa shape index (κ3) is 1340. The summed E-state index contributed by atoms with van der Waals surface area (Å²) in [5.74, 6) is 0. The first-order chi connectivity index (χ1) is 11.3. The topological polar surface area (TPSA) is 321 Å². The third-order valence-corrected chi connectivity index (χ3v) is 0. The monoisotopic (exact) mass is 1270 g/mol. The predicted octanol–water partition coefficient (Wildman–Crippen LogP) is -16.8. The number of hydrogen-bond acceptors (Lipinski definition) is 16. The second kappa shape index (κ2) is 173. The van der Waals surface area contributed by atoms with Crippen molar-refractivity contribution in [3.8, 4) is 0 Å². The number of rotatable bonds is 0. The Morgan fingerprint density at radius 3 is 0.333 bits per heavy atom. The van der Waals surface area contributed by atoms with E-state index in [-0.39, 0.29) is 94.9 Å². The van der Waals surface area contributed by atoms with E-state index in [1.54, 1.807) is 0 Å². The molecule has 0 aliphatic heterocycles. The average Bonchev–Trinajstić information content (AvgIpc) is 2.45. The molecule has 0 aliphatic carbocycles. The summed E-state index contributed by atoms with van der Waals surface area (Å²) in [5.41, 5.74) is 0. The Kier molecular flexibility index (Phi) is 446. The number of hydrogen-bond donors (Lipinski definition) is 0. The van der Waals surface area contributed by atoms with Crippen LogP contribution in [-0.2, 0) is 30.2 Å². The standard InChI is InChI=1S/Ba.Bi.Ga.8GeHO2/c;;;8*2-1-3/h;;;8*1H/q+2;2*+3;8*-1. The Morgan fingerprint density at radius 1 is 0.333 bits per heavy atom. The minimum atomic E-state index is -2.19. The normalized spacial score (nSPS) is 3.56. The minimum absolute atomic E-state index is 0. The zero-order valence-corrected chi connectivity index (χ0v) is 42.6. The second-order valence-corrected chi connectivity index (χ2v) is 4.00. The fourth-order valence-electron chi connectivity index (χ4n) is 0. The van der Waals surface area contributed by atoms with Crippen molar-refractivity contribution in [3.05, 3.63) is 0 Å². The van der Waals surface area contributed by atoms with Crippen LogP contribution in [0.3, 0.4) is 0 Å². The van der Waals surface area contributed by atoms with Crippen LogP contribution in [0.15, 0.2) is 0 Å². The van der Waals surface area contributed by atoms with Crippen molar-refractivity contribution in [2.24, 2.45) is 0 Å². The van der Waals surface area contributed by atoms with Crippen molar-refractivity contribution in [2.45, 2.75) is 0 Å². The summed E-state index contributed by atoms with van der Waals surface area (Å²) in [6.45, 7) is 0. The summed E-state index contributed by atoms with van der Waals surface area (Å²) in [4.78, 5) is 0. The maximum atomic E-state index is 8.53. The van der Waals surface area contributed by atoms with Crippen LogP contribution in [0.4, 0.5) is 0 Å². The fraction of sp³-hybridized carbons (Fsp3) is 0. The van der Waals surface area contributed by atoms with Gasteiger partial charge in [-0.15, -0.1) is 0 Å². The molecule has 146 valence electrons. The second-order valence-electron chi connectivity index (χ2n) is 0.770. The van der Waals surface area contributed by atoms with E-state index in [1.807, 2.05) is 0 Å². The van der Waals surface area contributed by atoms with Gasteiger partial charge in [0.25, 0.3) is 0 Å². The van der Waals surface area contributed by atoms with Crippen molar-refractivity contribution in [1.82, 2.24) is 0 Å². The molecule has 0 bridgehead atoms. The molecule has 16 nitrogen and oxygen atoms in total. The first kappa shape index (κ1) is 69.7. The molecule has 0 heterocycles. The first-order valence-corrected chi connectivity index (χ1v) is 19.6. The molecule has 0 aliphatic rings. The third-order valence-electron chi connectivity index (χ3n) is 0. The molecule has 27 heteroatoms. The van der Waals surface area contributed by atoms with Gasteiger partial charge in [0, 0.05) is 0 Å². The fourth-order valence-corrected chi connectivity index (χ4v) is 0. The predicted molar refractivity (Wildman–Crippen MR) is 79.9 cm³/mol. The van der Waals surface area contributed by atoms with Gasteiger partial charge in [0.2, 0.25) is 0 Å². The Balaban J connectivity index is -0.0000000119. The van der Waals surface area contributed by atoms with Crippen molar-refractivity contribution in [1.29, 1.82) is 0 Å². The Labute approximate surface area is 277 Å². The first-order valence-electron chi connectivity index (χ1n) is 3.77. The van der Waals surface area contributed by atoms with E-state index in [2.05, 4.69) is 0 Å². The van der Waals surface area contributed by atoms with Crippen molar-refractivity contribution >= 4 is 221 Å². The average molecular weight is 1260 g/mol. The summed E-state index contributed by atoms with van der Waals surface area (Å²) in [6, 6.07) is 0. The van der Waals surface area contributed by atoms with Crippen LogP contribution in [0.25, 0.3) is 0 Å². The summed E-state index contributed by atoms with van der Waals surface area (Å²) in [6.07, 6.45) is 0. The van der Waals surface area contributed by atoms with Crippen molar-refractivity contribution in [3.63, 3.8) is 0 Å².